The Morgan fingerprint density at radius 1 is 0.176 bits per heavy atom. The molecule has 2 aliphatic carbocycles. The molecule has 4 nitrogen and oxygen atoms in total. The van der Waals surface area contributed by atoms with Gasteiger partial charge in [0.05, 0.1) is 22.7 Å². The van der Waals surface area contributed by atoms with Crippen LogP contribution in [0.5, 0.6) is 0 Å². The van der Waals surface area contributed by atoms with Gasteiger partial charge in [-0.2, -0.15) is 0 Å². The molecule has 0 aliphatic heterocycles. The van der Waals surface area contributed by atoms with E-state index in [4.69, 9.17) is 0 Å². The highest BCUT2D eigenvalue weighted by Gasteiger charge is 2.72. The summed E-state index contributed by atoms with van der Waals surface area (Å²) >= 11 is 0. The van der Waals surface area contributed by atoms with Crippen molar-refractivity contribution in [1.29, 1.82) is 0 Å². The Morgan fingerprint density at radius 2 is 0.314 bits per heavy atom. The van der Waals surface area contributed by atoms with Gasteiger partial charge < -0.3 is 19.6 Å². The van der Waals surface area contributed by atoms with Crippen LogP contribution in [0.1, 0.15) is 63.8 Å². The molecule has 16 aromatic rings. The third kappa shape index (κ3) is 9.28. The molecule has 0 saturated heterocycles. The van der Waals surface area contributed by atoms with Crippen LogP contribution in [0.25, 0.3) is 65.3 Å². The molecule has 18 rings (SSSR count). The fourth-order valence-corrected chi connectivity index (χ4v) is 18.6. The largest absolute Gasteiger partial charge is 0.310 e. The molecule has 0 fully saturated rings. The molecule has 102 heavy (non-hydrogen) atoms. The molecule has 490 valence electrons. The number of hydrogen-bond acceptors (Lipinski definition) is 4. The van der Waals surface area contributed by atoms with Crippen molar-refractivity contribution >= 4 is 111 Å². The van der Waals surface area contributed by atoms with E-state index in [1.807, 2.05) is 0 Å². The van der Waals surface area contributed by atoms with E-state index < -0.39 is 21.7 Å². The summed E-state index contributed by atoms with van der Waals surface area (Å²) in [5.41, 5.74) is 20.0. The molecular weight excluding hydrogens is 1230 g/mol. The van der Waals surface area contributed by atoms with Crippen molar-refractivity contribution in [2.75, 3.05) is 19.6 Å². The minimum atomic E-state index is -1.01. The third-order valence-corrected chi connectivity index (χ3v) is 22.1. The molecule has 0 amide bonds. The van der Waals surface area contributed by atoms with E-state index in [9.17, 15) is 0 Å². The van der Waals surface area contributed by atoms with E-state index in [1.165, 1.54) is 87.6 Å². The average Bonchev–Trinajstić information content (AvgIpc) is 1.45. The van der Waals surface area contributed by atoms with E-state index in [2.05, 4.69) is 425 Å². The van der Waals surface area contributed by atoms with Crippen LogP contribution in [0.4, 0.5) is 68.2 Å². The van der Waals surface area contributed by atoms with Crippen LogP contribution in [0.3, 0.4) is 0 Å². The molecular formula is C98H78N4. The minimum Gasteiger partial charge on any atom is -0.310 e. The number of benzene rings is 16. The van der Waals surface area contributed by atoms with Crippen molar-refractivity contribution in [3.8, 4) is 22.3 Å². The monoisotopic (exact) mass is 1310 g/mol. The second kappa shape index (κ2) is 24.3. The van der Waals surface area contributed by atoms with Crippen LogP contribution in [-0.2, 0) is 10.8 Å². The van der Waals surface area contributed by atoms with Gasteiger partial charge in [-0.15, -0.1) is 0 Å². The predicted molar refractivity (Wildman–Crippen MR) is 433 cm³/mol. The van der Waals surface area contributed by atoms with Crippen LogP contribution in [-0.4, -0.2) is 0 Å². The fourth-order valence-electron chi connectivity index (χ4n) is 18.6. The van der Waals surface area contributed by atoms with Gasteiger partial charge in [0.2, 0.25) is 0 Å². The van der Waals surface area contributed by atoms with Gasteiger partial charge in [-0.25, -0.2) is 0 Å². The lowest BCUT2D eigenvalue weighted by Crippen LogP contribution is -2.62. The van der Waals surface area contributed by atoms with Crippen LogP contribution < -0.4 is 19.6 Å². The zero-order chi connectivity index (χ0) is 68.9. The Bertz CT molecular complexity index is 4960. The summed E-state index contributed by atoms with van der Waals surface area (Å²) in [6.07, 6.45) is 0. The molecule has 16 aromatic carbocycles. The first-order valence-corrected chi connectivity index (χ1v) is 35.8. The van der Waals surface area contributed by atoms with Gasteiger partial charge in [-0.3, -0.25) is 0 Å². The predicted octanol–water partition coefficient (Wildman–Crippen LogP) is 27.5. The van der Waals surface area contributed by atoms with Crippen LogP contribution in [0.15, 0.2) is 364 Å². The number of fused-ring (bicyclic) bond motifs is 14. The van der Waals surface area contributed by atoms with Gasteiger partial charge in [0.25, 0.3) is 0 Å². The maximum atomic E-state index is 2.69. The summed E-state index contributed by atoms with van der Waals surface area (Å²) < 4.78 is 0. The SMILES string of the molecule is CC(C)(C)C1(C2(C(C)(C)C)c3cc(N(c4ccccc4)c4ccccc4)c4ccccc4c3-c3c2cc(N(c2ccccc2)c2ccccc2)c2ccccc32)c2cc(N(c3ccccc3)c3ccccc3)c3ccccc3c2-c2c1cc(N(c1ccccc1)c1ccccc1)c1ccccc21. The fraction of sp³-hybridized carbons (Fsp3) is 0.102. The van der Waals surface area contributed by atoms with Crippen molar-refractivity contribution in [2.24, 2.45) is 10.8 Å². The molecule has 2 aliphatic rings. The molecule has 0 radical (unpaired) electrons. The second-order valence-corrected chi connectivity index (χ2v) is 29.5. The van der Waals surface area contributed by atoms with Crippen LogP contribution in [0, 0.1) is 10.8 Å². The van der Waals surface area contributed by atoms with E-state index in [0.717, 1.165) is 68.2 Å². The lowest BCUT2D eigenvalue weighted by atomic mass is 9.39. The summed E-state index contributed by atoms with van der Waals surface area (Å²) in [5, 5.41) is 9.50. The Labute approximate surface area is 598 Å². The number of anilines is 12. The number of nitrogens with zero attached hydrogens (tertiary/aromatic N) is 4. The van der Waals surface area contributed by atoms with E-state index in [0.29, 0.717) is 0 Å². The molecule has 0 heterocycles. The smallest absolute Gasteiger partial charge is 0.0543 e. The topological polar surface area (TPSA) is 13.0 Å². The zero-order valence-corrected chi connectivity index (χ0v) is 58.4. The Morgan fingerprint density at radius 3 is 0.461 bits per heavy atom. The van der Waals surface area contributed by atoms with E-state index in [-0.39, 0.29) is 0 Å². The third-order valence-electron chi connectivity index (χ3n) is 22.1. The summed E-state index contributed by atoms with van der Waals surface area (Å²) in [6, 6.07) is 137. The van der Waals surface area contributed by atoms with Crippen molar-refractivity contribution < 1.29 is 0 Å². The quantitative estimate of drug-likeness (QED) is 0.114. The highest BCUT2D eigenvalue weighted by atomic mass is 15.2. The van der Waals surface area contributed by atoms with Gasteiger partial charge in [0, 0.05) is 77.9 Å². The second-order valence-electron chi connectivity index (χ2n) is 29.5. The summed E-state index contributed by atoms with van der Waals surface area (Å²) in [7, 11) is 0. The minimum absolute atomic E-state index is 0.651. The lowest BCUT2D eigenvalue weighted by Gasteiger charge is -2.62. The maximum absolute atomic E-state index is 2.69. The Hall–Kier alpha value is -12.2. The van der Waals surface area contributed by atoms with Gasteiger partial charge in [0.15, 0.2) is 0 Å². The molecule has 0 aromatic heterocycles. The standard InChI is InChI=1S/C98H78N4/c1-95(2,3)97(83-63-87(99(67-39-15-7-16-40-67)68-41-17-8-18-42-68)75-55-31-35-59-79(75)91(83)92-80-60-36-32-56-76(80)88(64-84(92)97)100(69-43-19-9-20-44-69)70-45-21-10-22-46-70)98(96(4,5)6)85-65-89(101(71-47-23-11-24-48-71)72-49-25-12-26-50-72)77-57-33-37-61-81(77)93(85)94-82-62-38-34-58-78(82)90(66-86(94)98)102(73-51-27-13-28-52-73)74-53-29-14-30-54-74/h7-66H,1-6H3. The molecule has 0 saturated carbocycles. The summed E-state index contributed by atoms with van der Waals surface area (Å²) in [6.45, 7) is 15.5. The Kier molecular flexibility index (Phi) is 14.8. The van der Waals surface area contributed by atoms with E-state index >= 15 is 0 Å². The number of para-hydroxylation sites is 8. The first-order chi connectivity index (χ1) is 50.0. The Balaban J connectivity index is 1.12. The van der Waals surface area contributed by atoms with Gasteiger partial charge in [-0.05, 0) is 198 Å². The first-order valence-electron chi connectivity index (χ1n) is 35.8. The summed E-state index contributed by atoms with van der Waals surface area (Å²) in [5.74, 6) is 0. The van der Waals surface area contributed by atoms with Crippen molar-refractivity contribution in [3.05, 3.63) is 386 Å². The average molecular weight is 1310 g/mol. The summed E-state index contributed by atoms with van der Waals surface area (Å²) in [4.78, 5) is 10.1. The van der Waals surface area contributed by atoms with Gasteiger partial charge in [0.1, 0.15) is 0 Å². The molecule has 0 spiro atoms. The molecule has 0 unspecified atom stereocenters. The lowest BCUT2D eigenvalue weighted by molar-refractivity contribution is 0.0596. The van der Waals surface area contributed by atoms with E-state index in [1.54, 1.807) is 0 Å². The first kappa shape index (κ1) is 62.0. The molecule has 0 atom stereocenters. The number of hydrogen-bond donors (Lipinski definition) is 0. The van der Waals surface area contributed by atoms with Crippen molar-refractivity contribution in [1.82, 2.24) is 0 Å². The number of rotatable bonds is 13. The molecule has 0 bridgehead atoms. The van der Waals surface area contributed by atoms with Crippen molar-refractivity contribution in [2.45, 2.75) is 52.4 Å². The normalized spacial score (nSPS) is 13.4. The highest BCUT2D eigenvalue weighted by molar-refractivity contribution is 6.21. The van der Waals surface area contributed by atoms with Crippen LogP contribution in [0.2, 0.25) is 0 Å². The molecule has 4 heteroatoms. The molecule has 0 N–H and O–H groups in total. The highest BCUT2D eigenvalue weighted by Crippen LogP contribution is 2.78. The van der Waals surface area contributed by atoms with Gasteiger partial charge in [-0.1, -0.05) is 284 Å². The zero-order valence-electron chi connectivity index (χ0n) is 58.4. The van der Waals surface area contributed by atoms with Crippen LogP contribution >= 0.6 is 0 Å². The van der Waals surface area contributed by atoms with Gasteiger partial charge >= 0.3 is 0 Å². The maximum Gasteiger partial charge on any atom is 0.0543 e. The van der Waals surface area contributed by atoms with Crippen molar-refractivity contribution in [3.63, 3.8) is 0 Å².